The second kappa shape index (κ2) is 7.74. The largest absolute Gasteiger partial charge is 0.370 e. The van der Waals surface area contributed by atoms with Gasteiger partial charge in [0.1, 0.15) is 0 Å². The molecule has 0 rings (SSSR count). The molecule has 0 fully saturated rings. The lowest BCUT2D eigenvalue weighted by Crippen LogP contribution is -2.39. The van der Waals surface area contributed by atoms with E-state index in [2.05, 4.69) is 10.6 Å². The summed E-state index contributed by atoms with van der Waals surface area (Å²) in [5, 5.41) is 4.83. The molecule has 0 aromatic rings. The molecule has 0 atom stereocenters. The predicted molar refractivity (Wildman–Crippen MR) is 53.5 cm³/mol. The first-order valence-corrected chi connectivity index (χ1v) is 4.58. The highest BCUT2D eigenvalue weighted by Crippen LogP contribution is 1.83. The summed E-state index contributed by atoms with van der Waals surface area (Å²) in [7, 11) is 0. The molecule has 6 N–H and O–H groups in total. The first-order chi connectivity index (χ1) is 7.06. The van der Waals surface area contributed by atoms with Gasteiger partial charge in [0.05, 0.1) is 13.1 Å². The van der Waals surface area contributed by atoms with E-state index in [0.29, 0.717) is 13.0 Å². The molecule has 0 aliphatic heterocycles. The van der Waals surface area contributed by atoms with Gasteiger partial charge < -0.3 is 22.1 Å². The standard InChI is InChI=1S/C8H16N4O3/c9-4-7(14)12-5-8(15)11-3-1-2-6(10)13/h1-5,9H2,(H2,10,13)(H,11,15)(H,12,14). The molecule has 0 heterocycles. The molecule has 0 radical (unpaired) electrons. The predicted octanol–water partition coefficient (Wildman–Crippen LogP) is -2.56. The molecule has 0 saturated heterocycles. The summed E-state index contributed by atoms with van der Waals surface area (Å²) in [6, 6.07) is 0. The Morgan fingerprint density at radius 2 is 1.73 bits per heavy atom. The Kier molecular flexibility index (Phi) is 6.90. The number of carbonyl (C=O) groups is 3. The number of hydrogen-bond acceptors (Lipinski definition) is 4. The normalized spacial score (nSPS) is 9.40. The lowest BCUT2D eigenvalue weighted by atomic mass is 10.3. The molecule has 0 aliphatic carbocycles. The summed E-state index contributed by atoms with van der Waals surface area (Å²) in [5.41, 5.74) is 9.92. The summed E-state index contributed by atoms with van der Waals surface area (Å²) in [4.78, 5) is 32.0. The Morgan fingerprint density at radius 3 is 2.27 bits per heavy atom. The molecule has 3 amide bonds. The Hall–Kier alpha value is -1.63. The second-order valence-corrected chi connectivity index (χ2v) is 2.90. The van der Waals surface area contributed by atoms with Crippen molar-refractivity contribution in [3.05, 3.63) is 0 Å². The maximum Gasteiger partial charge on any atom is 0.239 e. The number of nitrogens with one attached hydrogen (secondary N) is 2. The van der Waals surface area contributed by atoms with Gasteiger partial charge in [-0.05, 0) is 6.42 Å². The molecule has 0 spiro atoms. The average Bonchev–Trinajstić information content (AvgIpc) is 2.20. The van der Waals surface area contributed by atoms with Crippen LogP contribution in [0.25, 0.3) is 0 Å². The number of carbonyl (C=O) groups excluding carboxylic acids is 3. The highest BCUT2D eigenvalue weighted by molar-refractivity contribution is 5.85. The first kappa shape index (κ1) is 13.4. The van der Waals surface area contributed by atoms with E-state index in [1.807, 2.05) is 0 Å². The van der Waals surface area contributed by atoms with Gasteiger partial charge in [0.15, 0.2) is 0 Å². The van der Waals surface area contributed by atoms with Crippen LogP contribution in [-0.4, -0.2) is 37.4 Å². The third-order valence-corrected chi connectivity index (χ3v) is 1.55. The highest BCUT2D eigenvalue weighted by atomic mass is 16.2. The molecule has 0 aliphatic rings. The van der Waals surface area contributed by atoms with Crippen molar-refractivity contribution in [2.75, 3.05) is 19.6 Å². The fraction of sp³-hybridized carbons (Fsp3) is 0.625. The summed E-state index contributed by atoms with van der Waals surface area (Å²) in [6.45, 7) is 0.113. The van der Waals surface area contributed by atoms with Crippen LogP contribution < -0.4 is 22.1 Å². The zero-order valence-corrected chi connectivity index (χ0v) is 8.41. The van der Waals surface area contributed by atoms with Crippen LogP contribution in [0.5, 0.6) is 0 Å². The van der Waals surface area contributed by atoms with Crippen LogP contribution in [0.15, 0.2) is 0 Å². The lowest BCUT2D eigenvalue weighted by molar-refractivity contribution is -0.125. The van der Waals surface area contributed by atoms with Crippen LogP contribution in [0.4, 0.5) is 0 Å². The van der Waals surface area contributed by atoms with E-state index in [4.69, 9.17) is 11.5 Å². The maximum absolute atomic E-state index is 11.0. The minimum Gasteiger partial charge on any atom is -0.370 e. The minimum atomic E-state index is -0.402. The highest BCUT2D eigenvalue weighted by Gasteiger charge is 2.03. The van der Waals surface area contributed by atoms with E-state index < -0.39 is 5.91 Å². The second-order valence-electron chi connectivity index (χ2n) is 2.90. The van der Waals surface area contributed by atoms with E-state index >= 15 is 0 Å². The summed E-state index contributed by atoms with van der Waals surface area (Å²) >= 11 is 0. The van der Waals surface area contributed by atoms with Gasteiger partial charge in [-0.25, -0.2) is 0 Å². The van der Waals surface area contributed by atoms with Crippen molar-refractivity contribution < 1.29 is 14.4 Å². The van der Waals surface area contributed by atoms with Crippen molar-refractivity contribution in [2.24, 2.45) is 11.5 Å². The molecule has 0 bridgehead atoms. The van der Waals surface area contributed by atoms with Crippen LogP contribution in [0.2, 0.25) is 0 Å². The van der Waals surface area contributed by atoms with Crippen molar-refractivity contribution >= 4 is 17.7 Å². The first-order valence-electron chi connectivity index (χ1n) is 4.58. The summed E-state index contributed by atoms with van der Waals surface area (Å²) < 4.78 is 0. The van der Waals surface area contributed by atoms with Gasteiger partial charge in [-0.15, -0.1) is 0 Å². The number of rotatable bonds is 7. The van der Waals surface area contributed by atoms with Gasteiger partial charge in [0.25, 0.3) is 0 Å². The Morgan fingerprint density at radius 1 is 1.07 bits per heavy atom. The van der Waals surface area contributed by atoms with E-state index in [0.717, 1.165) is 0 Å². The SMILES string of the molecule is NCC(=O)NCC(=O)NCCCC(N)=O. The molecule has 0 unspecified atom stereocenters. The molecule has 0 aromatic carbocycles. The topological polar surface area (TPSA) is 127 Å². The monoisotopic (exact) mass is 216 g/mol. The van der Waals surface area contributed by atoms with E-state index in [1.165, 1.54) is 0 Å². The van der Waals surface area contributed by atoms with Gasteiger partial charge in [-0.2, -0.15) is 0 Å². The molecule has 7 nitrogen and oxygen atoms in total. The zero-order valence-electron chi connectivity index (χ0n) is 8.41. The van der Waals surface area contributed by atoms with Crippen LogP contribution in [0.3, 0.4) is 0 Å². The van der Waals surface area contributed by atoms with Crippen molar-refractivity contribution in [1.82, 2.24) is 10.6 Å². The smallest absolute Gasteiger partial charge is 0.239 e. The Balaban J connectivity index is 3.41. The maximum atomic E-state index is 11.0. The quantitative estimate of drug-likeness (QED) is 0.349. The molecule has 7 heteroatoms. The Bertz CT molecular complexity index is 242. The molecule has 15 heavy (non-hydrogen) atoms. The van der Waals surface area contributed by atoms with E-state index in [-0.39, 0.29) is 31.3 Å². The van der Waals surface area contributed by atoms with Gasteiger partial charge in [0, 0.05) is 13.0 Å². The van der Waals surface area contributed by atoms with Crippen LogP contribution >= 0.6 is 0 Å². The number of primary amides is 1. The number of nitrogens with two attached hydrogens (primary N) is 2. The summed E-state index contributed by atoms with van der Waals surface area (Å²) in [6.07, 6.45) is 0.724. The van der Waals surface area contributed by atoms with Crippen LogP contribution in [0, 0.1) is 0 Å². The lowest BCUT2D eigenvalue weighted by Gasteiger charge is -2.05. The van der Waals surface area contributed by atoms with Crippen molar-refractivity contribution in [1.29, 1.82) is 0 Å². The molecule has 0 aromatic heterocycles. The van der Waals surface area contributed by atoms with Crippen LogP contribution in [0.1, 0.15) is 12.8 Å². The molecule has 86 valence electrons. The number of amides is 3. The van der Waals surface area contributed by atoms with Crippen molar-refractivity contribution in [3.63, 3.8) is 0 Å². The van der Waals surface area contributed by atoms with Gasteiger partial charge in [-0.3, -0.25) is 14.4 Å². The number of hydrogen-bond donors (Lipinski definition) is 4. The third-order valence-electron chi connectivity index (χ3n) is 1.55. The molecular weight excluding hydrogens is 200 g/mol. The van der Waals surface area contributed by atoms with E-state index in [9.17, 15) is 14.4 Å². The van der Waals surface area contributed by atoms with Crippen molar-refractivity contribution in [2.45, 2.75) is 12.8 Å². The van der Waals surface area contributed by atoms with Gasteiger partial charge in [-0.1, -0.05) is 0 Å². The minimum absolute atomic E-state index is 0.105. The molecule has 0 saturated carbocycles. The fourth-order valence-electron chi connectivity index (χ4n) is 0.804. The fourth-order valence-corrected chi connectivity index (χ4v) is 0.804. The average molecular weight is 216 g/mol. The van der Waals surface area contributed by atoms with Gasteiger partial charge in [0.2, 0.25) is 17.7 Å². The third kappa shape index (κ3) is 8.69. The van der Waals surface area contributed by atoms with Gasteiger partial charge >= 0.3 is 0 Å². The van der Waals surface area contributed by atoms with E-state index in [1.54, 1.807) is 0 Å². The van der Waals surface area contributed by atoms with Crippen LogP contribution in [-0.2, 0) is 14.4 Å². The Labute approximate surface area is 87.6 Å². The summed E-state index contributed by atoms with van der Waals surface area (Å²) in [5.74, 6) is -1.11. The zero-order chi connectivity index (χ0) is 11.7. The molecular formula is C8H16N4O3. The van der Waals surface area contributed by atoms with Crippen molar-refractivity contribution in [3.8, 4) is 0 Å².